The molecule has 2 unspecified atom stereocenters. The Labute approximate surface area is 108 Å². The predicted octanol–water partition coefficient (Wildman–Crippen LogP) is 2.37. The van der Waals surface area contributed by atoms with Crippen LogP contribution in [0, 0.1) is 0 Å². The van der Waals surface area contributed by atoms with Gasteiger partial charge in [0.15, 0.2) is 5.82 Å². The van der Waals surface area contributed by atoms with E-state index >= 15 is 0 Å². The van der Waals surface area contributed by atoms with Gasteiger partial charge >= 0.3 is 0 Å². The first-order valence-electron chi connectivity index (χ1n) is 5.41. The van der Waals surface area contributed by atoms with Crippen molar-refractivity contribution in [3.8, 4) is 0 Å². The number of halogens is 1. The van der Waals surface area contributed by atoms with Crippen LogP contribution >= 0.6 is 15.9 Å². The van der Waals surface area contributed by atoms with Crippen molar-refractivity contribution in [2.75, 3.05) is 0 Å². The molecule has 0 aliphatic heterocycles. The van der Waals surface area contributed by atoms with Gasteiger partial charge in [-0.2, -0.15) is 5.21 Å². The summed E-state index contributed by atoms with van der Waals surface area (Å²) in [5.74, 6) is 0.675. The smallest absolute Gasteiger partial charge is 0.191 e. The first kappa shape index (κ1) is 12.2. The molecule has 6 heteroatoms. The molecule has 0 fully saturated rings. The lowest BCUT2D eigenvalue weighted by molar-refractivity contribution is 0.477. The van der Waals surface area contributed by atoms with Crippen LogP contribution in [0.25, 0.3) is 0 Å². The van der Waals surface area contributed by atoms with Crippen LogP contribution in [-0.4, -0.2) is 20.6 Å². The molecule has 17 heavy (non-hydrogen) atoms. The Morgan fingerprint density at radius 3 is 2.47 bits per heavy atom. The summed E-state index contributed by atoms with van der Waals surface area (Å²) >= 11 is 3.42. The molecule has 1 heterocycles. The van der Waals surface area contributed by atoms with Gasteiger partial charge in [0.1, 0.15) is 0 Å². The van der Waals surface area contributed by atoms with E-state index in [1.165, 1.54) is 5.56 Å². The van der Waals surface area contributed by atoms with E-state index in [1.807, 2.05) is 19.1 Å². The Morgan fingerprint density at radius 1 is 1.18 bits per heavy atom. The molecule has 1 aromatic heterocycles. The Bertz CT molecular complexity index is 453. The second kappa shape index (κ2) is 5.37. The third-order valence-corrected chi connectivity index (χ3v) is 3.15. The molecule has 0 aliphatic carbocycles. The molecule has 0 radical (unpaired) electrons. The van der Waals surface area contributed by atoms with E-state index in [1.54, 1.807) is 0 Å². The summed E-state index contributed by atoms with van der Waals surface area (Å²) in [4.78, 5) is 0. The SMILES string of the molecule is CC(NC(C)c1nn[nH]n1)c1ccc(Br)cc1. The summed E-state index contributed by atoms with van der Waals surface area (Å²) in [6, 6.07) is 8.54. The maximum atomic E-state index is 3.96. The lowest BCUT2D eigenvalue weighted by atomic mass is 10.1. The van der Waals surface area contributed by atoms with Crippen LogP contribution in [-0.2, 0) is 0 Å². The third-order valence-electron chi connectivity index (χ3n) is 2.62. The highest BCUT2D eigenvalue weighted by Crippen LogP contribution is 2.19. The predicted molar refractivity (Wildman–Crippen MR) is 68.3 cm³/mol. The largest absolute Gasteiger partial charge is 0.301 e. The second-order valence-corrected chi connectivity index (χ2v) is 4.85. The molecule has 90 valence electrons. The summed E-state index contributed by atoms with van der Waals surface area (Å²) < 4.78 is 1.08. The van der Waals surface area contributed by atoms with Crippen LogP contribution in [0.1, 0.15) is 37.3 Å². The Balaban J connectivity index is 2.01. The second-order valence-electron chi connectivity index (χ2n) is 3.93. The number of rotatable bonds is 4. The molecular weight excluding hydrogens is 282 g/mol. The van der Waals surface area contributed by atoms with Gasteiger partial charge in [-0.3, -0.25) is 0 Å². The van der Waals surface area contributed by atoms with Crippen molar-refractivity contribution in [3.05, 3.63) is 40.1 Å². The van der Waals surface area contributed by atoms with Crippen molar-refractivity contribution in [3.63, 3.8) is 0 Å². The van der Waals surface area contributed by atoms with Crippen LogP contribution < -0.4 is 5.32 Å². The van der Waals surface area contributed by atoms with Gasteiger partial charge in [-0.1, -0.05) is 33.3 Å². The van der Waals surface area contributed by atoms with Crippen LogP contribution in [0.4, 0.5) is 0 Å². The quantitative estimate of drug-likeness (QED) is 0.909. The third kappa shape index (κ3) is 3.10. The number of aromatic nitrogens is 4. The molecule has 0 aliphatic rings. The minimum absolute atomic E-state index is 0.0624. The highest BCUT2D eigenvalue weighted by molar-refractivity contribution is 9.10. The monoisotopic (exact) mass is 295 g/mol. The Hall–Kier alpha value is -1.27. The number of benzene rings is 1. The maximum Gasteiger partial charge on any atom is 0.191 e. The number of hydrogen-bond donors (Lipinski definition) is 2. The summed E-state index contributed by atoms with van der Waals surface area (Å²) in [6.07, 6.45) is 0. The average molecular weight is 296 g/mol. The first-order chi connectivity index (χ1) is 8.16. The summed E-state index contributed by atoms with van der Waals surface area (Å²) in [6.45, 7) is 4.13. The lowest BCUT2D eigenvalue weighted by Crippen LogP contribution is -2.23. The van der Waals surface area contributed by atoms with Crippen molar-refractivity contribution >= 4 is 15.9 Å². The van der Waals surface area contributed by atoms with Gasteiger partial charge < -0.3 is 5.32 Å². The van der Waals surface area contributed by atoms with Crippen molar-refractivity contribution in [1.82, 2.24) is 25.9 Å². The fourth-order valence-electron chi connectivity index (χ4n) is 1.65. The molecule has 2 aromatic rings. The summed E-state index contributed by atoms with van der Waals surface area (Å²) in [5, 5.41) is 17.3. The van der Waals surface area contributed by atoms with E-state index in [2.05, 4.69) is 60.9 Å². The van der Waals surface area contributed by atoms with Gasteiger partial charge in [-0.05, 0) is 31.5 Å². The van der Waals surface area contributed by atoms with Crippen molar-refractivity contribution in [1.29, 1.82) is 0 Å². The molecule has 0 spiro atoms. The van der Waals surface area contributed by atoms with E-state index < -0.39 is 0 Å². The molecule has 2 rings (SSSR count). The maximum absolute atomic E-state index is 3.96. The van der Waals surface area contributed by atoms with E-state index in [4.69, 9.17) is 0 Å². The fourth-order valence-corrected chi connectivity index (χ4v) is 1.91. The highest BCUT2D eigenvalue weighted by atomic mass is 79.9. The van der Waals surface area contributed by atoms with Crippen LogP contribution in [0.15, 0.2) is 28.7 Å². The van der Waals surface area contributed by atoms with E-state index in [-0.39, 0.29) is 12.1 Å². The molecule has 0 saturated carbocycles. The summed E-state index contributed by atoms with van der Waals surface area (Å²) in [5.41, 5.74) is 1.23. The standard InChI is InChI=1S/C11H14BrN5/c1-7(9-3-5-10(12)6-4-9)13-8(2)11-14-16-17-15-11/h3-8,13H,1-2H3,(H,14,15,16,17). The number of tetrazole rings is 1. The molecular formula is C11H14BrN5. The molecule has 0 bridgehead atoms. The lowest BCUT2D eigenvalue weighted by Gasteiger charge is -2.18. The van der Waals surface area contributed by atoms with Crippen molar-refractivity contribution in [2.45, 2.75) is 25.9 Å². The minimum atomic E-state index is 0.0624. The molecule has 2 N–H and O–H groups in total. The van der Waals surface area contributed by atoms with Crippen LogP contribution in [0.5, 0.6) is 0 Å². The van der Waals surface area contributed by atoms with Crippen LogP contribution in [0.3, 0.4) is 0 Å². The molecule has 1 aromatic carbocycles. The minimum Gasteiger partial charge on any atom is -0.301 e. The zero-order chi connectivity index (χ0) is 12.3. The van der Waals surface area contributed by atoms with Crippen molar-refractivity contribution < 1.29 is 0 Å². The van der Waals surface area contributed by atoms with E-state index in [0.717, 1.165) is 4.47 Å². The number of nitrogens with zero attached hydrogens (tertiary/aromatic N) is 3. The number of nitrogens with one attached hydrogen (secondary N) is 2. The Kier molecular flexibility index (Phi) is 3.86. The van der Waals surface area contributed by atoms with E-state index in [0.29, 0.717) is 5.82 Å². The fraction of sp³-hybridized carbons (Fsp3) is 0.364. The van der Waals surface area contributed by atoms with Gasteiger partial charge in [0, 0.05) is 10.5 Å². The highest BCUT2D eigenvalue weighted by Gasteiger charge is 2.14. The first-order valence-corrected chi connectivity index (χ1v) is 6.21. The average Bonchev–Trinajstić information content (AvgIpc) is 2.83. The van der Waals surface area contributed by atoms with E-state index in [9.17, 15) is 0 Å². The molecule has 2 atom stereocenters. The zero-order valence-corrected chi connectivity index (χ0v) is 11.3. The molecule has 0 saturated heterocycles. The van der Waals surface area contributed by atoms with Gasteiger partial charge in [0.2, 0.25) is 0 Å². The Morgan fingerprint density at radius 2 is 1.88 bits per heavy atom. The molecule has 5 nitrogen and oxygen atoms in total. The summed E-state index contributed by atoms with van der Waals surface area (Å²) in [7, 11) is 0. The number of H-pyrrole nitrogens is 1. The molecule has 0 amide bonds. The number of hydrogen-bond acceptors (Lipinski definition) is 4. The van der Waals surface area contributed by atoms with Gasteiger partial charge in [-0.25, -0.2) is 0 Å². The van der Waals surface area contributed by atoms with Gasteiger partial charge in [-0.15, -0.1) is 10.2 Å². The number of aromatic amines is 1. The van der Waals surface area contributed by atoms with Crippen molar-refractivity contribution in [2.24, 2.45) is 0 Å². The van der Waals surface area contributed by atoms with Gasteiger partial charge in [0.25, 0.3) is 0 Å². The zero-order valence-electron chi connectivity index (χ0n) is 9.68. The van der Waals surface area contributed by atoms with Gasteiger partial charge in [0.05, 0.1) is 6.04 Å². The normalized spacial score (nSPS) is 14.5. The van der Waals surface area contributed by atoms with Crippen LogP contribution in [0.2, 0.25) is 0 Å². The topological polar surface area (TPSA) is 66.5 Å².